The van der Waals surface area contributed by atoms with Gasteiger partial charge in [-0.2, -0.15) is 0 Å². The molecule has 21 heavy (non-hydrogen) atoms. The molecule has 1 heterocycles. The summed E-state index contributed by atoms with van der Waals surface area (Å²) in [6, 6.07) is 4.17. The smallest absolute Gasteiger partial charge is 0.341 e. The molecular weight excluding hydrogens is 302 g/mol. The topological polar surface area (TPSA) is 104 Å². The van der Waals surface area contributed by atoms with Crippen LogP contribution < -0.4 is 14.2 Å². The van der Waals surface area contributed by atoms with Crippen molar-refractivity contribution in [3.63, 3.8) is 0 Å². The zero-order valence-electron chi connectivity index (χ0n) is 11.0. The first kappa shape index (κ1) is 14.8. The maximum atomic E-state index is 11.2. The minimum absolute atomic E-state index is 0.00898. The lowest BCUT2D eigenvalue weighted by molar-refractivity contribution is 0.0694. The van der Waals surface area contributed by atoms with Gasteiger partial charge < -0.3 is 19.3 Å². The summed E-state index contributed by atoms with van der Waals surface area (Å²) in [7, 11) is 2.72. The van der Waals surface area contributed by atoms with Gasteiger partial charge >= 0.3 is 24.0 Å². The lowest BCUT2D eigenvalue weighted by Gasteiger charge is -2.09. The van der Waals surface area contributed by atoms with E-state index in [9.17, 15) is 4.79 Å². The van der Waals surface area contributed by atoms with Gasteiger partial charge in [-0.15, -0.1) is 15.0 Å². The fourth-order valence-corrected chi connectivity index (χ4v) is 1.69. The highest BCUT2D eigenvalue weighted by Crippen LogP contribution is 2.29. The van der Waals surface area contributed by atoms with E-state index in [1.165, 1.54) is 26.4 Å². The molecule has 0 aliphatic carbocycles. The number of benzene rings is 1. The van der Waals surface area contributed by atoms with Crippen molar-refractivity contribution in [2.24, 2.45) is 0 Å². The van der Waals surface area contributed by atoms with E-state index in [0.29, 0.717) is 0 Å². The van der Waals surface area contributed by atoms with Crippen LogP contribution in [0.4, 0.5) is 0 Å². The van der Waals surface area contributed by atoms with Crippen LogP contribution in [-0.2, 0) is 0 Å². The fourth-order valence-electron chi connectivity index (χ4n) is 1.44. The molecule has 2 rings (SSSR count). The van der Waals surface area contributed by atoms with Gasteiger partial charge in [0.25, 0.3) is 0 Å². The van der Waals surface area contributed by atoms with E-state index in [-0.39, 0.29) is 34.4 Å². The Kier molecular flexibility index (Phi) is 4.39. The Balaban J connectivity index is 2.43. The van der Waals surface area contributed by atoms with Crippen molar-refractivity contribution in [2.45, 2.75) is 0 Å². The maximum Gasteiger partial charge on any atom is 0.341 e. The number of nitrogens with zero attached hydrogens (tertiary/aromatic N) is 3. The third kappa shape index (κ3) is 3.29. The van der Waals surface area contributed by atoms with Gasteiger partial charge in [-0.3, -0.25) is 0 Å². The third-order valence-corrected chi connectivity index (χ3v) is 2.64. The monoisotopic (exact) mass is 311 g/mol. The molecule has 8 nitrogen and oxygen atoms in total. The Labute approximate surface area is 124 Å². The average Bonchev–Trinajstić information content (AvgIpc) is 2.46. The van der Waals surface area contributed by atoms with Crippen LogP contribution >= 0.6 is 11.6 Å². The summed E-state index contributed by atoms with van der Waals surface area (Å²) in [5.41, 5.74) is -0.197. The molecule has 0 amide bonds. The fraction of sp³-hybridized carbons (Fsp3) is 0.167. The standard InChI is InChI=1S/C12H10ClN3O5/c1-19-10-14-11(20-2)16-12(15-10)21-7-5-3-4-6(13)8(7)9(17)18/h3-5H,1-2H3,(H,17,18). The van der Waals surface area contributed by atoms with Gasteiger partial charge in [0.1, 0.15) is 11.3 Å². The molecular formula is C12H10ClN3O5. The molecule has 0 unspecified atom stereocenters. The molecule has 0 radical (unpaired) electrons. The highest BCUT2D eigenvalue weighted by molar-refractivity contribution is 6.33. The minimum atomic E-state index is -1.23. The summed E-state index contributed by atoms with van der Waals surface area (Å²) in [6.45, 7) is 0. The van der Waals surface area contributed by atoms with E-state index >= 15 is 0 Å². The molecule has 0 bridgehead atoms. The molecule has 0 spiro atoms. The number of halogens is 1. The molecule has 9 heteroatoms. The number of aromatic nitrogens is 3. The van der Waals surface area contributed by atoms with Gasteiger partial charge in [-0.25, -0.2) is 4.79 Å². The number of ether oxygens (including phenoxy) is 3. The van der Waals surface area contributed by atoms with Crippen molar-refractivity contribution in [1.29, 1.82) is 0 Å². The summed E-state index contributed by atoms with van der Waals surface area (Å²) in [5.74, 6) is -1.24. The summed E-state index contributed by atoms with van der Waals surface area (Å²) in [6.07, 6.45) is 0. The molecule has 0 saturated heterocycles. The zero-order chi connectivity index (χ0) is 15.4. The molecule has 2 aromatic rings. The van der Waals surface area contributed by atoms with Crippen molar-refractivity contribution in [3.05, 3.63) is 28.8 Å². The Morgan fingerprint density at radius 1 is 1.10 bits per heavy atom. The Morgan fingerprint density at radius 3 is 2.19 bits per heavy atom. The predicted octanol–water partition coefficient (Wildman–Crippen LogP) is 2.03. The largest absolute Gasteiger partial charge is 0.478 e. The molecule has 1 aromatic carbocycles. The summed E-state index contributed by atoms with van der Waals surface area (Å²) < 4.78 is 15.1. The number of methoxy groups -OCH3 is 2. The lowest BCUT2D eigenvalue weighted by Crippen LogP contribution is -2.04. The van der Waals surface area contributed by atoms with Crippen molar-refractivity contribution in [3.8, 4) is 23.8 Å². The van der Waals surface area contributed by atoms with E-state index < -0.39 is 5.97 Å². The number of rotatable bonds is 5. The van der Waals surface area contributed by atoms with E-state index in [2.05, 4.69) is 15.0 Å². The molecule has 1 aromatic heterocycles. The molecule has 0 fully saturated rings. The highest BCUT2D eigenvalue weighted by Gasteiger charge is 2.18. The first-order valence-electron chi connectivity index (χ1n) is 5.59. The predicted molar refractivity (Wildman–Crippen MR) is 71.4 cm³/mol. The first-order chi connectivity index (χ1) is 10.0. The summed E-state index contributed by atoms with van der Waals surface area (Å²) in [5, 5.41) is 9.19. The number of carboxylic acids is 1. The SMILES string of the molecule is COc1nc(OC)nc(Oc2cccc(Cl)c2C(=O)O)n1. The molecule has 0 atom stereocenters. The lowest BCUT2D eigenvalue weighted by atomic mass is 10.2. The van der Waals surface area contributed by atoms with E-state index in [1.54, 1.807) is 6.07 Å². The molecule has 110 valence electrons. The number of carbonyl (C=O) groups is 1. The van der Waals surface area contributed by atoms with Crippen LogP contribution in [0.2, 0.25) is 5.02 Å². The summed E-state index contributed by atoms with van der Waals surface area (Å²) in [4.78, 5) is 22.7. The van der Waals surface area contributed by atoms with E-state index in [1.807, 2.05) is 0 Å². The second-order valence-corrected chi connectivity index (χ2v) is 4.02. The molecule has 1 N–H and O–H groups in total. The van der Waals surface area contributed by atoms with Crippen LogP contribution in [-0.4, -0.2) is 40.2 Å². The Bertz CT molecular complexity index is 658. The quantitative estimate of drug-likeness (QED) is 0.894. The summed E-state index contributed by atoms with van der Waals surface area (Å²) >= 11 is 5.84. The normalized spacial score (nSPS) is 10.0. The second-order valence-electron chi connectivity index (χ2n) is 3.61. The number of hydrogen-bond acceptors (Lipinski definition) is 7. The van der Waals surface area contributed by atoms with Gasteiger partial charge in [-0.05, 0) is 12.1 Å². The molecule has 0 aliphatic heterocycles. The number of hydrogen-bond donors (Lipinski definition) is 1. The second kappa shape index (κ2) is 6.23. The van der Waals surface area contributed by atoms with Crippen molar-refractivity contribution >= 4 is 17.6 Å². The van der Waals surface area contributed by atoms with Gasteiger partial charge in [0, 0.05) is 0 Å². The van der Waals surface area contributed by atoms with Crippen molar-refractivity contribution < 1.29 is 24.1 Å². The van der Waals surface area contributed by atoms with Crippen LogP contribution in [0.25, 0.3) is 0 Å². The zero-order valence-corrected chi connectivity index (χ0v) is 11.8. The first-order valence-corrected chi connectivity index (χ1v) is 5.96. The molecule has 0 saturated carbocycles. The van der Waals surface area contributed by atoms with Crippen LogP contribution in [0.15, 0.2) is 18.2 Å². The van der Waals surface area contributed by atoms with Crippen LogP contribution in [0.1, 0.15) is 10.4 Å². The highest BCUT2D eigenvalue weighted by atomic mass is 35.5. The van der Waals surface area contributed by atoms with E-state index in [0.717, 1.165) is 0 Å². The Hall–Kier alpha value is -2.61. The van der Waals surface area contributed by atoms with Crippen LogP contribution in [0.3, 0.4) is 0 Å². The van der Waals surface area contributed by atoms with Gasteiger partial charge in [0.05, 0.1) is 19.2 Å². The minimum Gasteiger partial charge on any atom is -0.478 e. The van der Waals surface area contributed by atoms with Crippen LogP contribution in [0, 0.1) is 0 Å². The Morgan fingerprint density at radius 2 is 1.67 bits per heavy atom. The maximum absolute atomic E-state index is 11.2. The number of carboxylic acid groups (broad SMARTS) is 1. The van der Waals surface area contributed by atoms with Crippen LogP contribution in [0.5, 0.6) is 23.8 Å². The van der Waals surface area contributed by atoms with Gasteiger partial charge in [0.2, 0.25) is 0 Å². The van der Waals surface area contributed by atoms with E-state index in [4.69, 9.17) is 30.9 Å². The number of aromatic carboxylic acids is 1. The average molecular weight is 312 g/mol. The third-order valence-electron chi connectivity index (χ3n) is 2.33. The van der Waals surface area contributed by atoms with Crippen molar-refractivity contribution in [2.75, 3.05) is 14.2 Å². The van der Waals surface area contributed by atoms with Gasteiger partial charge in [0.15, 0.2) is 0 Å². The van der Waals surface area contributed by atoms with Gasteiger partial charge in [-0.1, -0.05) is 17.7 Å². The van der Waals surface area contributed by atoms with Crippen molar-refractivity contribution in [1.82, 2.24) is 15.0 Å². The molecule has 0 aliphatic rings.